The molecule has 0 spiro atoms. The molecule has 0 amide bonds. The summed E-state index contributed by atoms with van der Waals surface area (Å²) in [5, 5.41) is 20.1. The molecule has 1 unspecified atom stereocenters. The predicted octanol–water partition coefficient (Wildman–Crippen LogP) is 0.325. The molecule has 1 aromatic rings. The van der Waals surface area contributed by atoms with Crippen molar-refractivity contribution < 1.29 is 28.2 Å². The molecule has 0 saturated heterocycles. The first kappa shape index (κ1) is 16.9. The summed E-state index contributed by atoms with van der Waals surface area (Å²) < 4.78 is 26.3. The molecule has 0 bridgehead atoms. The fourth-order valence-corrected chi connectivity index (χ4v) is 2.86. The number of carboxylic acid groups (broad SMARTS) is 2. The SMILES string of the molecule is CCNS(=O)(=O)c1ccccc1NC(CC(=O)O)C(=O)O. The molecular formula is C12H16N2O6S. The Bertz CT molecular complexity index is 628. The van der Waals surface area contributed by atoms with Gasteiger partial charge in [-0.3, -0.25) is 4.79 Å². The molecule has 116 valence electrons. The third kappa shape index (κ3) is 4.72. The normalized spacial score (nSPS) is 12.6. The topological polar surface area (TPSA) is 133 Å². The summed E-state index contributed by atoms with van der Waals surface area (Å²) in [5.74, 6) is -2.69. The summed E-state index contributed by atoms with van der Waals surface area (Å²) in [4.78, 5) is 21.6. The molecule has 1 atom stereocenters. The Morgan fingerprint density at radius 1 is 1.24 bits per heavy atom. The lowest BCUT2D eigenvalue weighted by atomic mass is 10.2. The van der Waals surface area contributed by atoms with E-state index in [1.807, 2.05) is 0 Å². The lowest BCUT2D eigenvalue weighted by molar-refractivity contribution is -0.144. The van der Waals surface area contributed by atoms with E-state index in [4.69, 9.17) is 10.2 Å². The van der Waals surface area contributed by atoms with E-state index >= 15 is 0 Å². The molecule has 1 aromatic carbocycles. The van der Waals surface area contributed by atoms with Crippen LogP contribution in [0.25, 0.3) is 0 Å². The predicted molar refractivity (Wildman–Crippen MR) is 74.6 cm³/mol. The summed E-state index contributed by atoms with van der Waals surface area (Å²) >= 11 is 0. The highest BCUT2D eigenvalue weighted by atomic mass is 32.2. The number of rotatable bonds is 8. The quantitative estimate of drug-likeness (QED) is 0.543. The maximum absolute atomic E-state index is 12.0. The molecule has 8 nitrogen and oxygen atoms in total. The van der Waals surface area contributed by atoms with Crippen molar-refractivity contribution >= 4 is 27.6 Å². The van der Waals surface area contributed by atoms with Gasteiger partial charge in [0.15, 0.2) is 0 Å². The van der Waals surface area contributed by atoms with E-state index in [0.717, 1.165) is 0 Å². The highest BCUT2D eigenvalue weighted by molar-refractivity contribution is 7.89. The van der Waals surface area contributed by atoms with Crippen molar-refractivity contribution in [3.8, 4) is 0 Å². The Labute approximate surface area is 121 Å². The van der Waals surface area contributed by atoms with Gasteiger partial charge in [-0.15, -0.1) is 0 Å². The highest BCUT2D eigenvalue weighted by Crippen LogP contribution is 2.22. The summed E-state index contributed by atoms with van der Waals surface area (Å²) in [7, 11) is -3.79. The maximum Gasteiger partial charge on any atom is 0.326 e. The summed E-state index contributed by atoms with van der Waals surface area (Å²) in [6.45, 7) is 1.78. The number of hydrogen-bond donors (Lipinski definition) is 4. The summed E-state index contributed by atoms with van der Waals surface area (Å²) in [6, 6.07) is 4.26. The van der Waals surface area contributed by atoms with Crippen LogP contribution in [0.5, 0.6) is 0 Å². The third-order valence-electron chi connectivity index (χ3n) is 2.52. The zero-order chi connectivity index (χ0) is 16.0. The number of benzene rings is 1. The first-order chi connectivity index (χ1) is 9.77. The minimum Gasteiger partial charge on any atom is -0.481 e. The van der Waals surface area contributed by atoms with E-state index < -0.39 is 34.4 Å². The van der Waals surface area contributed by atoms with Gasteiger partial charge in [-0.25, -0.2) is 17.9 Å². The summed E-state index contributed by atoms with van der Waals surface area (Å²) in [5.41, 5.74) is 0.0344. The van der Waals surface area contributed by atoms with E-state index in [2.05, 4.69) is 10.0 Å². The van der Waals surface area contributed by atoms with Crippen molar-refractivity contribution in [3.63, 3.8) is 0 Å². The standard InChI is InChI=1S/C12H16N2O6S/c1-2-13-21(19,20)10-6-4-3-5-8(10)14-9(12(17)18)7-11(15)16/h3-6,9,13-14H,2,7H2,1H3,(H,15,16)(H,17,18). The molecule has 21 heavy (non-hydrogen) atoms. The average Bonchev–Trinajstić information content (AvgIpc) is 2.37. The van der Waals surface area contributed by atoms with Crippen molar-refractivity contribution in [1.29, 1.82) is 0 Å². The molecule has 0 fully saturated rings. The van der Waals surface area contributed by atoms with Crippen molar-refractivity contribution in [2.24, 2.45) is 0 Å². The van der Waals surface area contributed by atoms with Crippen molar-refractivity contribution in [3.05, 3.63) is 24.3 Å². The largest absolute Gasteiger partial charge is 0.481 e. The molecule has 0 aromatic heterocycles. The highest BCUT2D eigenvalue weighted by Gasteiger charge is 2.24. The van der Waals surface area contributed by atoms with Crippen molar-refractivity contribution in [2.45, 2.75) is 24.3 Å². The van der Waals surface area contributed by atoms with Gasteiger partial charge in [-0.1, -0.05) is 19.1 Å². The van der Waals surface area contributed by atoms with Crippen LogP contribution >= 0.6 is 0 Å². The Morgan fingerprint density at radius 2 is 1.86 bits per heavy atom. The second-order valence-electron chi connectivity index (χ2n) is 4.13. The molecule has 0 heterocycles. The zero-order valence-corrected chi connectivity index (χ0v) is 12.1. The van der Waals surface area contributed by atoms with Crippen molar-refractivity contribution in [1.82, 2.24) is 4.72 Å². The Balaban J connectivity index is 3.14. The Kier molecular flexibility index (Phi) is 5.68. The third-order valence-corrected chi connectivity index (χ3v) is 4.12. The number of aliphatic carboxylic acids is 2. The van der Waals surface area contributed by atoms with E-state index in [1.165, 1.54) is 24.3 Å². The number of carbonyl (C=O) groups is 2. The van der Waals surface area contributed by atoms with E-state index in [0.29, 0.717) is 0 Å². The number of hydrogen-bond acceptors (Lipinski definition) is 5. The van der Waals surface area contributed by atoms with Gasteiger partial charge >= 0.3 is 11.9 Å². The van der Waals surface area contributed by atoms with Crippen LogP contribution in [0.3, 0.4) is 0 Å². The van der Waals surface area contributed by atoms with Gasteiger partial charge in [0.05, 0.1) is 12.1 Å². The molecule has 4 N–H and O–H groups in total. The maximum atomic E-state index is 12.0. The molecule has 0 aliphatic heterocycles. The Morgan fingerprint density at radius 3 is 2.38 bits per heavy atom. The first-order valence-corrected chi connectivity index (χ1v) is 7.56. The van der Waals surface area contributed by atoms with E-state index in [9.17, 15) is 18.0 Å². The van der Waals surface area contributed by atoms with Crippen LogP contribution in [0.1, 0.15) is 13.3 Å². The number of carboxylic acids is 2. The zero-order valence-electron chi connectivity index (χ0n) is 11.2. The average molecular weight is 316 g/mol. The van der Waals surface area contributed by atoms with Gasteiger partial charge < -0.3 is 15.5 Å². The number of anilines is 1. The molecule has 0 aliphatic carbocycles. The van der Waals surface area contributed by atoms with Crippen molar-refractivity contribution in [2.75, 3.05) is 11.9 Å². The second-order valence-corrected chi connectivity index (χ2v) is 5.87. The van der Waals surface area contributed by atoms with Gasteiger partial charge in [0.2, 0.25) is 10.0 Å². The van der Waals surface area contributed by atoms with Gasteiger partial charge in [0.1, 0.15) is 10.9 Å². The minimum atomic E-state index is -3.79. The smallest absolute Gasteiger partial charge is 0.326 e. The second kappa shape index (κ2) is 7.04. The molecule has 0 radical (unpaired) electrons. The van der Waals surface area contributed by atoms with Crippen LogP contribution in [-0.4, -0.2) is 43.2 Å². The summed E-state index contributed by atoms with van der Waals surface area (Å²) in [6.07, 6.45) is -0.676. The minimum absolute atomic E-state index is 0.0344. The molecule has 9 heteroatoms. The first-order valence-electron chi connectivity index (χ1n) is 6.07. The molecule has 0 aliphatic rings. The van der Waals surface area contributed by atoms with Crippen LogP contribution in [0.4, 0.5) is 5.69 Å². The van der Waals surface area contributed by atoms with E-state index in [1.54, 1.807) is 6.92 Å². The molecule has 0 saturated carbocycles. The number of sulfonamides is 1. The van der Waals surface area contributed by atoms with Crippen LogP contribution in [0.2, 0.25) is 0 Å². The van der Waals surface area contributed by atoms with E-state index in [-0.39, 0.29) is 17.1 Å². The van der Waals surface area contributed by atoms with Crippen LogP contribution < -0.4 is 10.0 Å². The molecule has 1 rings (SSSR count). The van der Waals surface area contributed by atoms with Crippen LogP contribution in [0, 0.1) is 0 Å². The fraction of sp³-hybridized carbons (Fsp3) is 0.333. The number of nitrogens with one attached hydrogen (secondary N) is 2. The molecular weight excluding hydrogens is 300 g/mol. The van der Waals surface area contributed by atoms with Crippen LogP contribution in [0.15, 0.2) is 29.2 Å². The fourth-order valence-electron chi connectivity index (χ4n) is 1.65. The van der Waals surface area contributed by atoms with Gasteiger partial charge in [-0.05, 0) is 12.1 Å². The van der Waals surface area contributed by atoms with Gasteiger partial charge in [0, 0.05) is 6.54 Å². The lowest BCUT2D eigenvalue weighted by Gasteiger charge is -2.17. The Hall–Kier alpha value is -2.13. The van der Waals surface area contributed by atoms with Gasteiger partial charge in [0.25, 0.3) is 0 Å². The number of para-hydroxylation sites is 1. The lowest BCUT2D eigenvalue weighted by Crippen LogP contribution is -2.33. The monoisotopic (exact) mass is 316 g/mol. The van der Waals surface area contributed by atoms with Gasteiger partial charge in [-0.2, -0.15) is 0 Å². The van der Waals surface area contributed by atoms with Crippen LogP contribution in [-0.2, 0) is 19.6 Å².